The van der Waals surface area contributed by atoms with E-state index in [-0.39, 0.29) is 18.6 Å². The van der Waals surface area contributed by atoms with Crippen LogP contribution >= 0.6 is 15.9 Å². The van der Waals surface area contributed by atoms with Crippen molar-refractivity contribution < 1.29 is 9.47 Å². The maximum Gasteiger partial charge on any atom is 0.123 e. The lowest BCUT2D eigenvalue weighted by molar-refractivity contribution is -0.0252. The number of hydrogen-bond donors (Lipinski definition) is 0. The summed E-state index contributed by atoms with van der Waals surface area (Å²) >= 11 is 3.57. The van der Waals surface area contributed by atoms with Gasteiger partial charge in [0.05, 0.1) is 0 Å². The fourth-order valence-corrected chi connectivity index (χ4v) is 8.81. The molecule has 2 spiro atoms. The molecule has 39 heavy (non-hydrogen) atoms. The van der Waals surface area contributed by atoms with E-state index in [4.69, 9.17) is 9.47 Å². The highest BCUT2D eigenvalue weighted by molar-refractivity contribution is 9.10. The molecule has 4 atom stereocenters. The lowest BCUT2D eigenvalue weighted by Gasteiger charge is -2.46. The Bertz CT molecular complexity index is 1090. The molecule has 0 amide bonds. The lowest BCUT2D eigenvalue weighted by atomic mass is 9.80. The third-order valence-electron chi connectivity index (χ3n) is 10.3. The molecule has 2 aromatic rings. The molecule has 8 rings (SSSR count). The molecule has 0 saturated carbocycles. The van der Waals surface area contributed by atoms with E-state index in [1.54, 1.807) is 0 Å². The number of halogens is 1. The van der Waals surface area contributed by atoms with E-state index in [0.717, 1.165) is 36.4 Å². The summed E-state index contributed by atoms with van der Waals surface area (Å²) in [6.45, 7) is 7.25. The zero-order valence-electron chi connectivity index (χ0n) is 23.0. The van der Waals surface area contributed by atoms with Crippen molar-refractivity contribution in [2.75, 3.05) is 26.2 Å². The van der Waals surface area contributed by atoms with Crippen LogP contribution in [0.1, 0.15) is 88.3 Å². The van der Waals surface area contributed by atoms with E-state index >= 15 is 0 Å². The number of aryl methyl sites for hydroxylation is 1. The number of hydrogen-bond acceptors (Lipinski definition) is 4. The quantitative estimate of drug-likeness (QED) is 0.311. The van der Waals surface area contributed by atoms with Crippen LogP contribution in [0.25, 0.3) is 0 Å². The van der Waals surface area contributed by atoms with Gasteiger partial charge in [-0.05, 0) is 81.1 Å². The Morgan fingerprint density at radius 2 is 1.26 bits per heavy atom. The van der Waals surface area contributed by atoms with Crippen molar-refractivity contribution in [2.24, 2.45) is 0 Å². The van der Waals surface area contributed by atoms with Crippen molar-refractivity contribution in [3.63, 3.8) is 0 Å². The molecule has 5 heteroatoms. The zero-order chi connectivity index (χ0) is 25.7. The van der Waals surface area contributed by atoms with E-state index in [2.05, 4.69) is 69.1 Å². The van der Waals surface area contributed by atoms with Gasteiger partial charge in [-0.25, -0.2) is 0 Å². The van der Waals surface area contributed by atoms with Crippen LogP contribution in [-0.4, -0.2) is 59.3 Å². The summed E-state index contributed by atoms with van der Waals surface area (Å²) < 4.78 is 14.0. The smallest absolute Gasteiger partial charge is 0.123 e. The number of fused-ring (bicyclic) bond motifs is 4. The first-order valence-corrected chi connectivity index (χ1v) is 16.0. The van der Waals surface area contributed by atoms with Gasteiger partial charge in [0.15, 0.2) is 0 Å². The van der Waals surface area contributed by atoms with Crippen LogP contribution in [0.4, 0.5) is 0 Å². The van der Waals surface area contributed by atoms with Gasteiger partial charge in [-0.3, -0.25) is 0 Å². The second-order valence-corrected chi connectivity index (χ2v) is 14.0. The van der Waals surface area contributed by atoms with Crippen molar-refractivity contribution in [3.8, 4) is 11.5 Å². The third kappa shape index (κ3) is 5.53. The van der Waals surface area contributed by atoms with Crippen molar-refractivity contribution in [1.29, 1.82) is 0 Å². The fourth-order valence-electron chi connectivity index (χ4n) is 8.40. The second kappa shape index (κ2) is 11.0. The second-order valence-electron chi connectivity index (χ2n) is 13.1. The minimum absolute atomic E-state index is 0. The molecule has 0 unspecified atom stereocenters. The largest absolute Gasteiger partial charge is 0.487 e. The molecule has 0 bridgehead atoms. The van der Waals surface area contributed by atoms with Gasteiger partial charge in [0.1, 0.15) is 22.7 Å². The molecule has 4 saturated heterocycles. The summed E-state index contributed by atoms with van der Waals surface area (Å²) in [7, 11) is 0. The van der Waals surface area contributed by atoms with Gasteiger partial charge in [-0.1, -0.05) is 53.9 Å². The minimum Gasteiger partial charge on any atom is -0.487 e. The molecule has 6 aliphatic rings. The molecule has 2 aromatic carbocycles. The third-order valence-corrected chi connectivity index (χ3v) is 10.8. The topological polar surface area (TPSA) is 24.9 Å². The first kappa shape index (κ1) is 27.6. The van der Waals surface area contributed by atoms with Gasteiger partial charge >= 0.3 is 0 Å². The summed E-state index contributed by atoms with van der Waals surface area (Å²) in [6.07, 6.45) is 15.4. The van der Waals surface area contributed by atoms with Crippen molar-refractivity contribution >= 4 is 15.9 Å². The van der Waals surface area contributed by atoms with Crippen molar-refractivity contribution in [1.82, 2.24) is 9.80 Å². The van der Waals surface area contributed by atoms with Crippen LogP contribution in [0, 0.1) is 6.92 Å². The molecule has 4 nitrogen and oxygen atoms in total. The van der Waals surface area contributed by atoms with Gasteiger partial charge < -0.3 is 19.3 Å². The molecular weight excluding hydrogens is 548 g/mol. The van der Waals surface area contributed by atoms with Crippen LogP contribution in [0.5, 0.6) is 11.5 Å². The molecule has 6 aliphatic heterocycles. The average molecular weight is 596 g/mol. The van der Waals surface area contributed by atoms with E-state index in [1.165, 1.54) is 112 Å². The SMILES string of the molecule is Brc1ccc2c(c1)C[C@]1(CCN3CCCC[C@@H]3C1)O2.C.Cc1ccc2c(c1)C[C@@]1(CCN3CCCC[C@H]3C1)O2. The van der Waals surface area contributed by atoms with Gasteiger partial charge in [-0.2, -0.15) is 0 Å². The molecule has 0 radical (unpaired) electrons. The Morgan fingerprint density at radius 3 is 1.85 bits per heavy atom. The Balaban J connectivity index is 0.000000138. The lowest BCUT2D eigenvalue weighted by Crippen LogP contribution is -2.54. The van der Waals surface area contributed by atoms with Crippen LogP contribution in [0.3, 0.4) is 0 Å². The highest BCUT2D eigenvalue weighted by Gasteiger charge is 2.47. The highest BCUT2D eigenvalue weighted by Crippen LogP contribution is 2.46. The summed E-state index contributed by atoms with van der Waals surface area (Å²) in [6, 6.07) is 14.7. The van der Waals surface area contributed by atoms with Gasteiger partial charge in [0.2, 0.25) is 0 Å². The zero-order valence-corrected chi connectivity index (χ0v) is 24.6. The van der Waals surface area contributed by atoms with E-state index < -0.39 is 0 Å². The van der Waals surface area contributed by atoms with Crippen LogP contribution in [-0.2, 0) is 12.8 Å². The summed E-state index contributed by atoms with van der Waals surface area (Å²) in [5.41, 5.74) is 4.40. The predicted octanol–water partition coefficient (Wildman–Crippen LogP) is 7.72. The normalized spacial score (nSPS) is 33.0. The highest BCUT2D eigenvalue weighted by atomic mass is 79.9. The first-order valence-electron chi connectivity index (χ1n) is 15.2. The average Bonchev–Trinajstić information content (AvgIpc) is 3.45. The molecule has 4 fully saturated rings. The van der Waals surface area contributed by atoms with Gasteiger partial charge in [0.25, 0.3) is 0 Å². The molecule has 212 valence electrons. The molecule has 0 N–H and O–H groups in total. The maximum absolute atomic E-state index is 6.41. The van der Waals surface area contributed by atoms with Crippen LogP contribution in [0.15, 0.2) is 40.9 Å². The van der Waals surface area contributed by atoms with Crippen LogP contribution in [0.2, 0.25) is 0 Å². The van der Waals surface area contributed by atoms with E-state index in [1.807, 2.05) is 0 Å². The maximum atomic E-state index is 6.41. The number of nitrogens with zero attached hydrogens (tertiary/aromatic N) is 2. The van der Waals surface area contributed by atoms with Crippen molar-refractivity contribution in [3.05, 3.63) is 57.6 Å². The molecule has 6 heterocycles. The minimum atomic E-state index is 0. The summed E-state index contributed by atoms with van der Waals surface area (Å²) in [4.78, 5) is 5.39. The Kier molecular flexibility index (Phi) is 7.80. The van der Waals surface area contributed by atoms with Crippen molar-refractivity contribution in [2.45, 2.75) is 115 Å². The van der Waals surface area contributed by atoms with E-state index in [0.29, 0.717) is 0 Å². The molecule has 0 aliphatic carbocycles. The number of piperidine rings is 4. The summed E-state index contributed by atoms with van der Waals surface area (Å²) in [5.74, 6) is 2.27. The monoisotopic (exact) mass is 594 g/mol. The predicted molar refractivity (Wildman–Crippen MR) is 163 cm³/mol. The number of rotatable bonds is 0. The Labute approximate surface area is 244 Å². The van der Waals surface area contributed by atoms with Gasteiger partial charge in [-0.15, -0.1) is 0 Å². The van der Waals surface area contributed by atoms with Gasteiger partial charge in [0, 0.05) is 68.2 Å². The molecule has 0 aromatic heterocycles. The number of ether oxygens (including phenoxy) is 2. The summed E-state index contributed by atoms with van der Waals surface area (Å²) in [5, 5.41) is 0. The Morgan fingerprint density at radius 1 is 0.718 bits per heavy atom. The van der Waals surface area contributed by atoms with E-state index in [9.17, 15) is 0 Å². The first-order chi connectivity index (χ1) is 18.5. The number of benzene rings is 2. The molecular formula is C34H47BrN2O2. The van der Waals surface area contributed by atoms with Crippen LogP contribution < -0.4 is 9.47 Å². The fraction of sp³-hybridized carbons (Fsp3) is 0.647. The Hall–Kier alpha value is -1.56. The standard InChI is InChI=1S/C17H23NO.C16H20BrNO.CH4/c1-13-5-6-16-14(10-13)11-17(19-16)7-9-18-8-3-2-4-15(18)12-17;17-13-4-5-15-12(9-13)10-16(19-15)6-8-18-7-2-1-3-14(18)11-16;/h5-6,10,15H,2-4,7-9,11-12H2,1H3;4-5,9,14H,1-3,6-8,10-11H2;1H4/t15-,17+;14-,16+;/m01./s1.